The minimum atomic E-state index is -0.639. The highest BCUT2D eigenvalue weighted by molar-refractivity contribution is 5.84. The molecule has 0 aliphatic carbocycles. The van der Waals surface area contributed by atoms with Crippen LogP contribution in [-0.4, -0.2) is 49.7 Å². The molecule has 0 aliphatic heterocycles. The van der Waals surface area contributed by atoms with Gasteiger partial charge < -0.3 is 24.7 Å². The van der Waals surface area contributed by atoms with E-state index in [0.717, 1.165) is 22.4 Å². The van der Waals surface area contributed by atoms with Gasteiger partial charge in [0.05, 0.1) is 38.4 Å². The Balaban J connectivity index is 1.92. The van der Waals surface area contributed by atoms with E-state index in [1.807, 2.05) is 25.1 Å². The number of aromatic nitrogens is 2. The topological polar surface area (TPSA) is 127 Å². The predicted molar refractivity (Wildman–Crippen MR) is 154 cm³/mol. The van der Waals surface area contributed by atoms with Gasteiger partial charge in [-0.05, 0) is 60.4 Å². The fourth-order valence-corrected chi connectivity index (χ4v) is 4.36. The van der Waals surface area contributed by atoms with E-state index in [-0.39, 0.29) is 23.8 Å². The van der Waals surface area contributed by atoms with Crippen LogP contribution in [0.3, 0.4) is 0 Å². The summed E-state index contributed by atoms with van der Waals surface area (Å²) in [5.41, 5.74) is 8.65. The Morgan fingerprint density at radius 3 is 2.27 bits per heavy atom. The molecule has 1 amide bonds. The van der Waals surface area contributed by atoms with Crippen LogP contribution >= 0.6 is 0 Å². The number of hydrogen-bond donors (Lipinski definition) is 1. The standard InChI is InChI=1S/C30H32N4O6/c1-17(2)21-14-22(18(3)11-24(21)37-4)29-33-23-10-8-7-9-20(23)30(36)34(29)32-15-19-12-25(38-5)28(26(13-19)39-6)40-16-27(31)35/h7-15,17H,16H2,1-6H3,(H2,31,35). The van der Waals surface area contributed by atoms with Crippen LogP contribution in [-0.2, 0) is 4.79 Å². The van der Waals surface area contributed by atoms with E-state index in [2.05, 4.69) is 18.9 Å². The molecule has 208 valence electrons. The Bertz CT molecular complexity index is 1630. The number of amides is 1. The first-order chi connectivity index (χ1) is 19.2. The van der Waals surface area contributed by atoms with E-state index >= 15 is 0 Å². The second-order valence-corrected chi connectivity index (χ2v) is 9.39. The SMILES string of the molecule is COc1cc(C)c(-c2nc3ccccc3c(=O)n2N=Cc2cc(OC)c(OCC(N)=O)c(OC)c2)cc1C(C)C. The first-order valence-corrected chi connectivity index (χ1v) is 12.6. The van der Waals surface area contributed by atoms with Gasteiger partial charge in [0.15, 0.2) is 23.9 Å². The summed E-state index contributed by atoms with van der Waals surface area (Å²) in [6, 6.07) is 14.4. The Kier molecular flexibility index (Phi) is 8.37. The van der Waals surface area contributed by atoms with Gasteiger partial charge >= 0.3 is 0 Å². The van der Waals surface area contributed by atoms with E-state index in [9.17, 15) is 9.59 Å². The summed E-state index contributed by atoms with van der Waals surface area (Å²) in [6.45, 7) is 5.75. The highest BCUT2D eigenvalue weighted by Crippen LogP contribution is 2.38. The van der Waals surface area contributed by atoms with Crippen molar-refractivity contribution in [3.63, 3.8) is 0 Å². The Morgan fingerprint density at radius 2 is 1.68 bits per heavy atom. The normalized spacial score (nSPS) is 11.3. The molecule has 0 bridgehead atoms. The van der Waals surface area contributed by atoms with Gasteiger partial charge in [0.2, 0.25) is 5.75 Å². The summed E-state index contributed by atoms with van der Waals surface area (Å²) in [6.07, 6.45) is 1.51. The number of rotatable bonds is 10. The number of methoxy groups -OCH3 is 3. The molecule has 0 unspecified atom stereocenters. The molecule has 0 spiro atoms. The molecule has 10 heteroatoms. The number of aryl methyl sites for hydroxylation is 1. The third kappa shape index (κ3) is 5.61. The molecule has 4 rings (SSSR count). The summed E-state index contributed by atoms with van der Waals surface area (Å²) < 4.78 is 23.3. The lowest BCUT2D eigenvalue weighted by atomic mass is 9.96. The van der Waals surface area contributed by atoms with Crippen molar-refractivity contribution >= 4 is 23.0 Å². The van der Waals surface area contributed by atoms with E-state index in [4.69, 9.17) is 29.7 Å². The van der Waals surface area contributed by atoms with E-state index in [0.29, 0.717) is 33.8 Å². The fraction of sp³-hybridized carbons (Fsp3) is 0.267. The van der Waals surface area contributed by atoms with Gasteiger partial charge in [-0.1, -0.05) is 26.0 Å². The van der Waals surface area contributed by atoms with E-state index in [1.54, 1.807) is 37.4 Å². The van der Waals surface area contributed by atoms with E-state index < -0.39 is 5.91 Å². The molecule has 1 aromatic heterocycles. The average Bonchev–Trinajstić information content (AvgIpc) is 2.94. The zero-order valence-electron chi connectivity index (χ0n) is 23.3. The van der Waals surface area contributed by atoms with Gasteiger partial charge in [-0.3, -0.25) is 9.59 Å². The van der Waals surface area contributed by atoms with Crippen LogP contribution in [0.4, 0.5) is 0 Å². The maximum Gasteiger partial charge on any atom is 0.282 e. The second kappa shape index (κ2) is 11.9. The molecule has 0 atom stereocenters. The number of ether oxygens (including phenoxy) is 4. The number of nitrogens with zero attached hydrogens (tertiary/aromatic N) is 3. The average molecular weight is 545 g/mol. The maximum absolute atomic E-state index is 13.7. The smallest absolute Gasteiger partial charge is 0.282 e. The Labute approximate surface area is 232 Å². The van der Waals surface area contributed by atoms with Gasteiger partial charge in [0.25, 0.3) is 11.5 Å². The zero-order valence-corrected chi connectivity index (χ0v) is 23.3. The summed E-state index contributed by atoms with van der Waals surface area (Å²) >= 11 is 0. The Morgan fingerprint density at radius 1 is 1.02 bits per heavy atom. The maximum atomic E-state index is 13.7. The van der Waals surface area contributed by atoms with Crippen molar-refractivity contribution < 1.29 is 23.7 Å². The van der Waals surface area contributed by atoms with Gasteiger partial charge in [-0.25, -0.2) is 4.98 Å². The van der Waals surface area contributed by atoms with Crippen molar-refractivity contribution in [2.45, 2.75) is 26.7 Å². The molecule has 0 radical (unpaired) electrons. The van der Waals surface area contributed by atoms with E-state index in [1.165, 1.54) is 25.1 Å². The lowest BCUT2D eigenvalue weighted by Gasteiger charge is -2.17. The fourth-order valence-electron chi connectivity index (χ4n) is 4.36. The van der Waals surface area contributed by atoms with Crippen molar-refractivity contribution in [3.05, 3.63) is 75.6 Å². The van der Waals surface area contributed by atoms with Crippen LogP contribution in [0.15, 0.2) is 58.4 Å². The highest BCUT2D eigenvalue weighted by Gasteiger charge is 2.19. The van der Waals surface area contributed by atoms with Crippen LogP contribution in [0.1, 0.15) is 36.5 Å². The molecule has 4 aromatic rings. The van der Waals surface area contributed by atoms with Crippen molar-refractivity contribution in [1.82, 2.24) is 9.66 Å². The van der Waals surface area contributed by atoms with Crippen molar-refractivity contribution in [2.24, 2.45) is 10.8 Å². The molecule has 1 heterocycles. The number of primary amides is 1. The Hall–Kier alpha value is -4.86. The number of fused-ring (bicyclic) bond motifs is 1. The van der Waals surface area contributed by atoms with Gasteiger partial charge in [-0.15, -0.1) is 0 Å². The van der Waals surface area contributed by atoms with Crippen LogP contribution in [0, 0.1) is 6.92 Å². The van der Waals surface area contributed by atoms with Crippen LogP contribution in [0.2, 0.25) is 0 Å². The molecule has 0 saturated carbocycles. The molecule has 40 heavy (non-hydrogen) atoms. The molecular weight excluding hydrogens is 512 g/mol. The van der Waals surface area contributed by atoms with Crippen molar-refractivity contribution in [1.29, 1.82) is 0 Å². The third-order valence-electron chi connectivity index (χ3n) is 6.36. The number of hydrogen-bond acceptors (Lipinski definition) is 8. The molecule has 3 aromatic carbocycles. The number of carbonyl (C=O) groups excluding carboxylic acids is 1. The molecule has 2 N–H and O–H groups in total. The monoisotopic (exact) mass is 544 g/mol. The van der Waals surface area contributed by atoms with Gasteiger partial charge in [-0.2, -0.15) is 9.78 Å². The summed E-state index contributed by atoms with van der Waals surface area (Å²) in [5.74, 6) is 1.53. The largest absolute Gasteiger partial charge is 0.496 e. The minimum Gasteiger partial charge on any atom is -0.496 e. The van der Waals surface area contributed by atoms with Crippen molar-refractivity contribution in [2.75, 3.05) is 27.9 Å². The minimum absolute atomic E-state index is 0.175. The van der Waals surface area contributed by atoms with Crippen LogP contribution in [0.25, 0.3) is 22.3 Å². The molecule has 10 nitrogen and oxygen atoms in total. The highest BCUT2D eigenvalue weighted by atomic mass is 16.5. The molecule has 0 aliphatic rings. The van der Waals surface area contributed by atoms with Crippen LogP contribution in [0.5, 0.6) is 23.0 Å². The summed E-state index contributed by atoms with van der Waals surface area (Å²) in [5, 5.41) is 5.01. The number of para-hydroxylation sites is 1. The predicted octanol–water partition coefficient (Wildman–Crippen LogP) is 4.27. The molecular formula is C30H32N4O6. The second-order valence-electron chi connectivity index (χ2n) is 9.39. The molecule has 0 saturated heterocycles. The lowest BCUT2D eigenvalue weighted by Crippen LogP contribution is -2.21. The van der Waals surface area contributed by atoms with Crippen molar-refractivity contribution in [3.8, 4) is 34.4 Å². The zero-order chi connectivity index (χ0) is 29.0. The first-order valence-electron chi connectivity index (χ1n) is 12.6. The first kappa shape index (κ1) is 28.2. The quantitative estimate of drug-likeness (QED) is 0.295. The lowest BCUT2D eigenvalue weighted by molar-refractivity contribution is -0.120. The van der Waals surface area contributed by atoms with Gasteiger partial charge in [0, 0.05) is 11.1 Å². The van der Waals surface area contributed by atoms with Crippen LogP contribution < -0.4 is 30.2 Å². The number of nitrogens with two attached hydrogens (primary N) is 1. The summed E-state index contributed by atoms with van der Waals surface area (Å²) in [4.78, 5) is 29.8. The van der Waals surface area contributed by atoms with Gasteiger partial charge in [0.1, 0.15) is 5.75 Å². The third-order valence-corrected chi connectivity index (χ3v) is 6.36. The summed E-state index contributed by atoms with van der Waals surface area (Å²) in [7, 11) is 4.56. The number of benzene rings is 3. The number of carbonyl (C=O) groups is 1. The molecule has 0 fully saturated rings.